The van der Waals surface area contributed by atoms with Crippen molar-refractivity contribution in [1.82, 2.24) is 9.78 Å². The number of aliphatic hydroxyl groups is 1. The number of ether oxygens (including phenoxy) is 1. The van der Waals surface area contributed by atoms with Crippen LogP contribution in [-0.2, 0) is 0 Å². The summed E-state index contributed by atoms with van der Waals surface area (Å²) in [6.45, 7) is -0.179. The number of aliphatic hydroxyl groups excluding tert-OH is 1. The molecular formula is C17H14F2N2O2. The van der Waals surface area contributed by atoms with Crippen LogP contribution in [0.3, 0.4) is 0 Å². The minimum absolute atomic E-state index is 0.127. The molecule has 118 valence electrons. The molecule has 6 heteroatoms. The summed E-state index contributed by atoms with van der Waals surface area (Å²) in [5.41, 5.74) is 0.734. The lowest BCUT2D eigenvalue weighted by Gasteiger charge is -2.14. The Morgan fingerprint density at radius 2 is 1.91 bits per heavy atom. The van der Waals surface area contributed by atoms with E-state index >= 15 is 0 Å². The normalized spacial score (nSPS) is 12.1. The van der Waals surface area contributed by atoms with Gasteiger partial charge >= 0.3 is 0 Å². The van der Waals surface area contributed by atoms with Crippen molar-refractivity contribution in [2.24, 2.45) is 0 Å². The predicted molar refractivity (Wildman–Crippen MR) is 80.4 cm³/mol. The van der Waals surface area contributed by atoms with Gasteiger partial charge in [-0.15, -0.1) is 0 Å². The second kappa shape index (κ2) is 6.58. The highest BCUT2D eigenvalue weighted by molar-refractivity contribution is 5.36. The summed E-state index contributed by atoms with van der Waals surface area (Å²) in [4.78, 5) is 0. The van der Waals surface area contributed by atoms with Crippen LogP contribution in [0.4, 0.5) is 8.78 Å². The molecule has 0 aliphatic carbocycles. The molecule has 3 rings (SSSR count). The van der Waals surface area contributed by atoms with E-state index in [9.17, 15) is 13.9 Å². The topological polar surface area (TPSA) is 47.3 Å². The number of hydrogen-bond donors (Lipinski definition) is 1. The molecule has 1 unspecified atom stereocenters. The van der Waals surface area contributed by atoms with Gasteiger partial charge in [0.15, 0.2) is 0 Å². The van der Waals surface area contributed by atoms with Crippen LogP contribution in [0, 0.1) is 11.6 Å². The summed E-state index contributed by atoms with van der Waals surface area (Å²) in [7, 11) is 0. The van der Waals surface area contributed by atoms with Crippen molar-refractivity contribution in [3.8, 4) is 11.4 Å². The highest BCUT2D eigenvalue weighted by Crippen LogP contribution is 2.21. The van der Waals surface area contributed by atoms with Crippen molar-refractivity contribution in [2.75, 3.05) is 6.61 Å². The first kappa shape index (κ1) is 15.2. The molecule has 0 aliphatic rings. The average Bonchev–Trinajstić information content (AvgIpc) is 3.10. The van der Waals surface area contributed by atoms with Gasteiger partial charge in [0, 0.05) is 18.0 Å². The van der Waals surface area contributed by atoms with E-state index in [4.69, 9.17) is 4.74 Å². The number of halogens is 2. The first-order valence-electron chi connectivity index (χ1n) is 6.99. The lowest BCUT2D eigenvalue weighted by Crippen LogP contribution is -2.11. The fourth-order valence-electron chi connectivity index (χ4n) is 2.15. The Kier molecular flexibility index (Phi) is 4.34. The number of benzene rings is 2. The summed E-state index contributed by atoms with van der Waals surface area (Å²) in [5, 5.41) is 14.1. The Morgan fingerprint density at radius 1 is 1.13 bits per heavy atom. The Bertz CT molecular complexity index is 774. The van der Waals surface area contributed by atoms with E-state index in [2.05, 4.69) is 5.10 Å². The zero-order valence-corrected chi connectivity index (χ0v) is 12.1. The molecule has 0 amide bonds. The third-order valence-corrected chi connectivity index (χ3v) is 3.33. The standard InChI is InChI=1S/C17H14F2N2O2/c18-12-2-7-16(19)15(10-12)17(22)11-23-14-5-3-13(4-6-14)21-9-1-8-20-21/h1-10,17,22H,11H2. The molecule has 0 saturated heterocycles. The van der Waals surface area contributed by atoms with Crippen molar-refractivity contribution in [2.45, 2.75) is 6.10 Å². The molecule has 0 bridgehead atoms. The van der Waals surface area contributed by atoms with Gasteiger partial charge in [0.1, 0.15) is 30.1 Å². The Labute approximate surface area is 131 Å². The Morgan fingerprint density at radius 3 is 2.61 bits per heavy atom. The first-order chi connectivity index (χ1) is 11.1. The van der Waals surface area contributed by atoms with E-state index in [1.54, 1.807) is 35.1 Å². The monoisotopic (exact) mass is 316 g/mol. The minimum atomic E-state index is -1.25. The van der Waals surface area contributed by atoms with Crippen LogP contribution in [0.5, 0.6) is 5.75 Å². The van der Waals surface area contributed by atoms with Crippen LogP contribution >= 0.6 is 0 Å². The van der Waals surface area contributed by atoms with E-state index in [-0.39, 0.29) is 12.2 Å². The molecule has 4 nitrogen and oxygen atoms in total. The van der Waals surface area contributed by atoms with Gasteiger partial charge in [0.25, 0.3) is 0 Å². The maximum absolute atomic E-state index is 13.6. The van der Waals surface area contributed by atoms with Crippen LogP contribution in [0.25, 0.3) is 5.69 Å². The zero-order valence-electron chi connectivity index (χ0n) is 12.1. The van der Waals surface area contributed by atoms with E-state index in [1.165, 1.54) is 0 Å². The number of hydrogen-bond acceptors (Lipinski definition) is 3. The van der Waals surface area contributed by atoms with Gasteiger partial charge in [-0.3, -0.25) is 0 Å². The highest BCUT2D eigenvalue weighted by Gasteiger charge is 2.14. The molecule has 0 fully saturated rings. The smallest absolute Gasteiger partial charge is 0.129 e. The first-order valence-corrected chi connectivity index (χ1v) is 6.99. The van der Waals surface area contributed by atoms with E-state index < -0.39 is 17.7 Å². The van der Waals surface area contributed by atoms with Crippen LogP contribution < -0.4 is 4.74 Å². The molecule has 0 radical (unpaired) electrons. The van der Waals surface area contributed by atoms with E-state index in [0.717, 1.165) is 23.9 Å². The van der Waals surface area contributed by atoms with Crippen LogP contribution in [0.2, 0.25) is 0 Å². The van der Waals surface area contributed by atoms with Gasteiger partial charge in [-0.25, -0.2) is 13.5 Å². The van der Waals surface area contributed by atoms with E-state index in [1.807, 2.05) is 12.3 Å². The fourth-order valence-corrected chi connectivity index (χ4v) is 2.15. The van der Waals surface area contributed by atoms with Crippen molar-refractivity contribution in [1.29, 1.82) is 0 Å². The van der Waals surface area contributed by atoms with Gasteiger partial charge in [0.05, 0.1) is 5.69 Å². The minimum Gasteiger partial charge on any atom is -0.491 e. The third-order valence-electron chi connectivity index (χ3n) is 3.33. The largest absolute Gasteiger partial charge is 0.491 e. The maximum atomic E-state index is 13.6. The predicted octanol–water partition coefficient (Wildman–Crippen LogP) is 3.26. The molecule has 1 atom stereocenters. The summed E-state index contributed by atoms with van der Waals surface area (Å²) in [6.07, 6.45) is 2.23. The molecule has 2 aromatic carbocycles. The zero-order chi connectivity index (χ0) is 16.2. The van der Waals surface area contributed by atoms with Gasteiger partial charge in [0.2, 0.25) is 0 Å². The number of rotatable bonds is 5. The molecule has 23 heavy (non-hydrogen) atoms. The number of nitrogens with zero attached hydrogens (tertiary/aromatic N) is 2. The lowest BCUT2D eigenvalue weighted by atomic mass is 10.1. The molecule has 1 aromatic heterocycles. The molecule has 0 spiro atoms. The summed E-state index contributed by atoms with van der Waals surface area (Å²) in [6, 6.07) is 11.8. The third kappa shape index (κ3) is 3.54. The van der Waals surface area contributed by atoms with Gasteiger partial charge < -0.3 is 9.84 Å². The summed E-state index contributed by atoms with van der Waals surface area (Å²) < 4.78 is 33.8. The average molecular weight is 316 g/mol. The van der Waals surface area contributed by atoms with Crippen molar-refractivity contribution in [3.05, 3.63) is 78.1 Å². The number of aromatic nitrogens is 2. The summed E-state index contributed by atoms with van der Waals surface area (Å²) >= 11 is 0. The maximum Gasteiger partial charge on any atom is 0.129 e. The molecule has 0 saturated carbocycles. The molecule has 1 heterocycles. The molecule has 1 N–H and O–H groups in total. The summed E-state index contributed by atoms with van der Waals surface area (Å²) in [5.74, 6) is -0.766. The fraction of sp³-hybridized carbons (Fsp3) is 0.118. The second-order valence-electron chi connectivity index (χ2n) is 4.94. The van der Waals surface area contributed by atoms with Crippen LogP contribution in [-0.4, -0.2) is 21.5 Å². The quantitative estimate of drug-likeness (QED) is 0.786. The van der Waals surface area contributed by atoms with Crippen molar-refractivity contribution in [3.63, 3.8) is 0 Å². The molecular weight excluding hydrogens is 302 g/mol. The van der Waals surface area contributed by atoms with Gasteiger partial charge in [-0.1, -0.05) is 0 Å². The second-order valence-corrected chi connectivity index (χ2v) is 4.94. The van der Waals surface area contributed by atoms with Crippen molar-refractivity contribution >= 4 is 0 Å². The SMILES string of the molecule is OC(COc1ccc(-n2cccn2)cc1)c1cc(F)ccc1F. The van der Waals surface area contributed by atoms with Crippen LogP contribution in [0.15, 0.2) is 60.9 Å². The highest BCUT2D eigenvalue weighted by atomic mass is 19.1. The van der Waals surface area contributed by atoms with Gasteiger partial charge in [-0.05, 0) is 48.5 Å². The lowest BCUT2D eigenvalue weighted by molar-refractivity contribution is 0.104. The molecule has 3 aromatic rings. The Balaban J connectivity index is 1.65. The van der Waals surface area contributed by atoms with Crippen LogP contribution in [0.1, 0.15) is 11.7 Å². The van der Waals surface area contributed by atoms with Gasteiger partial charge in [-0.2, -0.15) is 5.10 Å². The van der Waals surface area contributed by atoms with E-state index in [0.29, 0.717) is 5.75 Å². The molecule has 0 aliphatic heterocycles. The Hall–Kier alpha value is -2.73. The van der Waals surface area contributed by atoms with Crippen molar-refractivity contribution < 1.29 is 18.6 Å².